The van der Waals surface area contributed by atoms with Crippen LogP contribution in [0.2, 0.25) is 0 Å². The molecule has 112 valence electrons. The molecule has 0 amide bonds. The van der Waals surface area contributed by atoms with Gasteiger partial charge in [-0.25, -0.2) is 0 Å². The molecule has 0 aliphatic rings. The van der Waals surface area contributed by atoms with Gasteiger partial charge in [-0.05, 0) is 11.6 Å². The van der Waals surface area contributed by atoms with Crippen molar-refractivity contribution in [2.24, 2.45) is 0 Å². The first kappa shape index (κ1) is 15.2. The van der Waals surface area contributed by atoms with E-state index in [1.54, 1.807) is 13.0 Å². The monoisotopic (exact) mass is 298 g/mol. The smallest absolute Gasteiger partial charge is 0.339 e. The van der Waals surface area contributed by atoms with E-state index in [0.717, 1.165) is 12.1 Å². The molecule has 2 rings (SSSR count). The van der Waals surface area contributed by atoms with E-state index in [1.807, 2.05) is 0 Å². The summed E-state index contributed by atoms with van der Waals surface area (Å²) in [5.74, 6) is 0.404. The second-order valence-electron chi connectivity index (χ2n) is 4.55. The van der Waals surface area contributed by atoms with Crippen molar-refractivity contribution in [2.45, 2.75) is 32.4 Å². The molecule has 0 bridgehead atoms. The van der Waals surface area contributed by atoms with Crippen LogP contribution < -0.4 is 0 Å². The minimum absolute atomic E-state index is 0.0377. The maximum Gasteiger partial charge on any atom is 0.416 e. The first-order chi connectivity index (χ1) is 9.88. The van der Waals surface area contributed by atoms with Gasteiger partial charge in [-0.3, -0.25) is 4.79 Å². The van der Waals surface area contributed by atoms with Crippen LogP contribution in [0, 0.1) is 0 Å². The molecule has 0 spiro atoms. The molecule has 0 N–H and O–H groups in total. The molecule has 0 aliphatic heterocycles. The van der Waals surface area contributed by atoms with E-state index >= 15 is 0 Å². The molecule has 2 aromatic rings. The number of Topliss-reactive ketones (excluding diaryl/α,β-unsaturated/α-hetero) is 1. The summed E-state index contributed by atoms with van der Waals surface area (Å²) in [6.07, 6.45) is -3.85. The minimum atomic E-state index is -4.38. The van der Waals surface area contributed by atoms with E-state index in [0.29, 0.717) is 12.0 Å². The van der Waals surface area contributed by atoms with E-state index in [4.69, 9.17) is 4.52 Å². The molecule has 1 heterocycles. The highest BCUT2D eigenvalue weighted by atomic mass is 19.4. The topological polar surface area (TPSA) is 56.0 Å². The number of benzene rings is 1. The minimum Gasteiger partial charge on any atom is -0.339 e. The van der Waals surface area contributed by atoms with Crippen molar-refractivity contribution in [1.29, 1.82) is 0 Å². The van der Waals surface area contributed by atoms with Gasteiger partial charge in [-0.2, -0.15) is 18.2 Å². The summed E-state index contributed by atoms with van der Waals surface area (Å²) in [5, 5.41) is 3.67. The van der Waals surface area contributed by atoms with Crippen LogP contribution in [0.4, 0.5) is 13.2 Å². The maximum atomic E-state index is 12.6. The third-order valence-electron chi connectivity index (χ3n) is 2.87. The average Bonchev–Trinajstić information content (AvgIpc) is 2.85. The lowest BCUT2D eigenvalue weighted by Gasteiger charge is -2.07. The quantitative estimate of drug-likeness (QED) is 0.850. The molecule has 0 radical (unpaired) electrons. The van der Waals surface area contributed by atoms with E-state index < -0.39 is 11.7 Å². The fourth-order valence-corrected chi connectivity index (χ4v) is 1.77. The Kier molecular flexibility index (Phi) is 4.40. The maximum absolute atomic E-state index is 12.6. The number of hydrogen-bond donors (Lipinski definition) is 0. The zero-order valence-electron chi connectivity index (χ0n) is 11.3. The first-order valence-corrected chi connectivity index (χ1v) is 6.37. The van der Waals surface area contributed by atoms with Crippen LogP contribution in [0.15, 0.2) is 28.8 Å². The molecule has 21 heavy (non-hydrogen) atoms. The van der Waals surface area contributed by atoms with E-state index in [-0.39, 0.29) is 30.3 Å². The molecule has 0 aliphatic carbocycles. The number of nitrogens with zero attached hydrogens (tertiary/aromatic N) is 2. The second-order valence-corrected chi connectivity index (χ2v) is 4.55. The average molecular weight is 298 g/mol. The number of carbonyl (C=O) groups excluding carboxylic acids is 1. The number of hydrogen-bond acceptors (Lipinski definition) is 4. The molecular weight excluding hydrogens is 285 g/mol. The number of carbonyl (C=O) groups is 1. The molecule has 0 fully saturated rings. The predicted octanol–water partition coefficient (Wildman–Crippen LogP) is 3.20. The van der Waals surface area contributed by atoms with Gasteiger partial charge in [0.2, 0.25) is 5.89 Å². The van der Waals surface area contributed by atoms with E-state index in [2.05, 4.69) is 10.1 Å². The van der Waals surface area contributed by atoms with Crippen molar-refractivity contribution in [3.8, 4) is 0 Å². The van der Waals surface area contributed by atoms with Gasteiger partial charge >= 0.3 is 6.18 Å². The number of aromatic nitrogens is 2. The number of halogens is 3. The largest absolute Gasteiger partial charge is 0.416 e. The highest BCUT2D eigenvalue weighted by molar-refractivity contribution is 5.79. The van der Waals surface area contributed by atoms with Crippen LogP contribution in [-0.4, -0.2) is 15.9 Å². The molecule has 7 heteroatoms. The molecule has 1 aromatic carbocycles. The van der Waals surface area contributed by atoms with Gasteiger partial charge in [0.15, 0.2) is 5.82 Å². The lowest BCUT2D eigenvalue weighted by molar-refractivity contribution is -0.137. The van der Waals surface area contributed by atoms with Crippen LogP contribution >= 0.6 is 0 Å². The highest BCUT2D eigenvalue weighted by Crippen LogP contribution is 2.29. The fourth-order valence-electron chi connectivity index (χ4n) is 1.77. The van der Waals surface area contributed by atoms with E-state index in [9.17, 15) is 18.0 Å². The van der Waals surface area contributed by atoms with Crippen molar-refractivity contribution in [3.05, 3.63) is 47.1 Å². The SMILES string of the molecule is CCC(=O)Cc1nc(Cc2cccc(C(F)(F)F)c2)no1. The van der Waals surface area contributed by atoms with Crippen LogP contribution in [0.25, 0.3) is 0 Å². The Morgan fingerprint density at radius 3 is 2.76 bits per heavy atom. The van der Waals surface area contributed by atoms with Crippen LogP contribution in [0.3, 0.4) is 0 Å². The summed E-state index contributed by atoms with van der Waals surface area (Å²) in [7, 11) is 0. The zero-order chi connectivity index (χ0) is 15.5. The van der Waals surface area contributed by atoms with Crippen LogP contribution in [-0.2, 0) is 23.8 Å². The third kappa shape index (κ3) is 4.14. The number of alkyl halides is 3. The van der Waals surface area contributed by atoms with Crippen molar-refractivity contribution >= 4 is 5.78 Å². The lowest BCUT2D eigenvalue weighted by atomic mass is 10.1. The first-order valence-electron chi connectivity index (χ1n) is 6.37. The zero-order valence-corrected chi connectivity index (χ0v) is 11.3. The summed E-state index contributed by atoms with van der Waals surface area (Å²) in [5.41, 5.74) is -0.288. The molecular formula is C14H13F3N2O2. The van der Waals surface area contributed by atoms with Crippen molar-refractivity contribution in [3.63, 3.8) is 0 Å². The van der Waals surface area contributed by atoms with Crippen molar-refractivity contribution in [2.75, 3.05) is 0 Å². The number of rotatable bonds is 5. The van der Waals surface area contributed by atoms with Gasteiger partial charge in [0.25, 0.3) is 0 Å². The Morgan fingerprint density at radius 2 is 2.10 bits per heavy atom. The normalized spacial score (nSPS) is 11.6. The van der Waals surface area contributed by atoms with Gasteiger partial charge in [0, 0.05) is 12.8 Å². The van der Waals surface area contributed by atoms with Gasteiger partial charge in [-0.1, -0.05) is 30.3 Å². The number of ketones is 1. The Balaban J connectivity index is 2.10. The molecule has 1 aromatic heterocycles. The standard InChI is InChI=1S/C14H13F3N2O2/c1-2-11(20)8-13-18-12(19-21-13)7-9-4-3-5-10(6-9)14(15,16)17/h3-6H,2,7-8H2,1H3. The molecule has 0 atom stereocenters. The summed E-state index contributed by atoms with van der Waals surface area (Å²) in [6.45, 7) is 1.72. The summed E-state index contributed by atoms with van der Waals surface area (Å²) < 4.78 is 42.7. The van der Waals surface area contributed by atoms with Gasteiger partial charge in [-0.15, -0.1) is 0 Å². The Bertz CT molecular complexity index is 635. The van der Waals surface area contributed by atoms with Crippen LogP contribution in [0.1, 0.15) is 36.2 Å². The molecule has 0 saturated carbocycles. The van der Waals surface area contributed by atoms with Crippen molar-refractivity contribution < 1.29 is 22.5 Å². The van der Waals surface area contributed by atoms with E-state index in [1.165, 1.54) is 6.07 Å². The second kappa shape index (κ2) is 6.07. The molecule has 0 unspecified atom stereocenters. The molecule has 0 saturated heterocycles. The predicted molar refractivity (Wildman–Crippen MR) is 67.6 cm³/mol. The van der Waals surface area contributed by atoms with Gasteiger partial charge < -0.3 is 4.52 Å². The Labute approximate surface area is 119 Å². The summed E-state index contributed by atoms with van der Waals surface area (Å²) in [6, 6.07) is 4.94. The lowest BCUT2D eigenvalue weighted by Crippen LogP contribution is -2.05. The van der Waals surface area contributed by atoms with Gasteiger partial charge in [0.1, 0.15) is 5.78 Å². The summed E-state index contributed by atoms with van der Waals surface area (Å²) in [4.78, 5) is 15.3. The molecule has 4 nitrogen and oxygen atoms in total. The van der Waals surface area contributed by atoms with Crippen molar-refractivity contribution in [1.82, 2.24) is 10.1 Å². The summed E-state index contributed by atoms with van der Waals surface area (Å²) >= 11 is 0. The van der Waals surface area contributed by atoms with Crippen LogP contribution in [0.5, 0.6) is 0 Å². The third-order valence-corrected chi connectivity index (χ3v) is 2.87. The van der Waals surface area contributed by atoms with Gasteiger partial charge in [0.05, 0.1) is 12.0 Å². The highest BCUT2D eigenvalue weighted by Gasteiger charge is 2.30. The Hall–Kier alpha value is -2.18. The Morgan fingerprint density at radius 1 is 1.33 bits per heavy atom. The fraction of sp³-hybridized carbons (Fsp3) is 0.357.